The lowest BCUT2D eigenvalue weighted by atomic mass is 9.94. The highest BCUT2D eigenvalue weighted by Crippen LogP contribution is 2.26. The molecule has 0 saturated carbocycles. The lowest BCUT2D eigenvalue weighted by Crippen LogP contribution is -2.36. The average Bonchev–Trinajstić information content (AvgIpc) is 3.01. The molecule has 0 spiro atoms. The van der Waals surface area contributed by atoms with E-state index < -0.39 is 0 Å². The number of likely N-dealkylation sites (tertiary alicyclic amines) is 1. The molecule has 0 unspecified atom stereocenters. The standard InChI is InChI=1S/C17H24N4O2/c1-19-7-2-5-15(17(19)23)13-20-8-3-4-14(12-20)16-6-9-21(18-16)10-11-22/h2,5-7,9,14,22H,3-4,8,10-13H2,1H3/t14-/m1/s1. The molecule has 3 rings (SSSR count). The first-order chi connectivity index (χ1) is 11.2. The fourth-order valence-corrected chi connectivity index (χ4v) is 3.28. The molecule has 2 aromatic heterocycles. The first kappa shape index (κ1) is 16.0. The first-order valence-electron chi connectivity index (χ1n) is 8.18. The number of pyridine rings is 1. The SMILES string of the molecule is Cn1cccc(CN2CCC[C@@H](c3ccn(CCO)n3)C2)c1=O. The Morgan fingerprint density at radius 3 is 3.04 bits per heavy atom. The van der Waals surface area contributed by atoms with Crippen LogP contribution in [0, 0.1) is 0 Å². The van der Waals surface area contributed by atoms with E-state index in [9.17, 15) is 4.79 Å². The van der Waals surface area contributed by atoms with Crippen LogP contribution in [0.15, 0.2) is 35.4 Å². The molecule has 1 fully saturated rings. The van der Waals surface area contributed by atoms with Crippen LogP contribution in [0.25, 0.3) is 0 Å². The molecule has 2 aromatic rings. The van der Waals surface area contributed by atoms with Gasteiger partial charge >= 0.3 is 0 Å². The number of aryl methyl sites for hydroxylation is 1. The van der Waals surface area contributed by atoms with Gasteiger partial charge in [0.25, 0.3) is 5.56 Å². The number of hydrogen-bond acceptors (Lipinski definition) is 4. The third kappa shape index (κ3) is 3.71. The number of rotatable bonds is 5. The Labute approximate surface area is 136 Å². The van der Waals surface area contributed by atoms with Crippen molar-refractivity contribution in [1.82, 2.24) is 19.2 Å². The van der Waals surface area contributed by atoms with E-state index in [4.69, 9.17) is 5.11 Å². The normalized spacial score (nSPS) is 19.1. The van der Waals surface area contributed by atoms with Gasteiger partial charge in [-0.3, -0.25) is 14.4 Å². The summed E-state index contributed by atoms with van der Waals surface area (Å²) < 4.78 is 3.43. The molecule has 6 heteroatoms. The van der Waals surface area contributed by atoms with Gasteiger partial charge in [0.05, 0.1) is 18.8 Å². The Hall–Kier alpha value is -1.92. The predicted octanol–water partition coefficient (Wildman–Crippen LogP) is 0.954. The first-order valence-corrected chi connectivity index (χ1v) is 8.18. The Morgan fingerprint density at radius 1 is 1.35 bits per heavy atom. The Morgan fingerprint density at radius 2 is 2.22 bits per heavy atom. The van der Waals surface area contributed by atoms with Gasteiger partial charge in [0.2, 0.25) is 0 Å². The minimum atomic E-state index is 0.0850. The molecule has 23 heavy (non-hydrogen) atoms. The molecule has 6 nitrogen and oxygen atoms in total. The smallest absolute Gasteiger partial charge is 0.254 e. The van der Waals surface area contributed by atoms with Gasteiger partial charge in [-0.1, -0.05) is 6.07 Å². The van der Waals surface area contributed by atoms with Gasteiger partial charge in [0, 0.05) is 44.0 Å². The van der Waals surface area contributed by atoms with Crippen molar-refractivity contribution in [1.29, 1.82) is 0 Å². The molecule has 1 N–H and O–H groups in total. The molecular formula is C17H24N4O2. The van der Waals surface area contributed by atoms with Gasteiger partial charge in [-0.15, -0.1) is 0 Å². The number of hydrogen-bond donors (Lipinski definition) is 1. The van der Waals surface area contributed by atoms with Crippen LogP contribution in [0.2, 0.25) is 0 Å². The minimum Gasteiger partial charge on any atom is -0.394 e. The van der Waals surface area contributed by atoms with Crippen molar-refractivity contribution in [3.63, 3.8) is 0 Å². The van der Waals surface area contributed by atoms with Crippen molar-refractivity contribution in [2.45, 2.75) is 31.8 Å². The maximum absolute atomic E-state index is 12.2. The second kappa shape index (κ2) is 7.10. The van der Waals surface area contributed by atoms with Gasteiger partial charge in [-0.05, 0) is 31.5 Å². The van der Waals surface area contributed by atoms with Crippen molar-refractivity contribution in [2.75, 3.05) is 19.7 Å². The quantitative estimate of drug-likeness (QED) is 0.892. The third-order valence-corrected chi connectivity index (χ3v) is 4.51. The summed E-state index contributed by atoms with van der Waals surface area (Å²) in [5.74, 6) is 0.399. The number of piperidine rings is 1. The lowest BCUT2D eigenvalue weighted by Gasteiger charge is -2.31. The second-order valence-corrected chi connectivity index (χ2v) is 6.25. The van der Waals surface area contributed by atoms with E-state index in [-0.39, 0.29) is 12.2 Å². The Balaban J connectivity index is 1.68. The number of aliphatic hydroxyl groups excluding tert-OH is 1. The van der Waals surface area contributed by atoms with Gasteiger partial charge < -0.3 is 9.67 Å². The van der Waals surface area contributed by atoms with Crippen LogP contribution in [0.5, 0.6) is 0 Å². The Bertz CT molecular complexity index is 707. The van der Waals surface area contributed by atoms with Crippen molar-refractivity contribution in [3.8, 4) is 0 Å². The highest BCUT2D eigenvalue weighted by Gasteiger charge is 2.23. The molecule has 3 heterocycles. The largest absolute Gasteiger partial charge is 0.394 e. The van der Waals surface area contributed by atoms with E-state index in [1.807, 2.05) is 24.4 Å². The highest BCUT2D eigenvalue weighted by molar-refractivity contribution is 5.12. The van der Waals surface area contributed by atoms with Gasteiger partial charge in [-0.2, -0.15) is 5.10 Å². The van der Waals surface area contributed by atoms with Crippen molar-refractivity contribution >= 4 is 0 Å². The molecular weight excluding hydrogens is 292 g/mol. The zero-order chi connectivity index (χ0) is 16.2. The van der Waals surface area contributed by atoms with Gasteiger partial charge in [-0.25, -0.2) is 0 Å². The number of aliphatic hydroxyl groups is 1. The van der Waals surface area contributed by atoms with Crippen molar-refractivity contribution < 1.29 is 5.11 Å². The van der Waals surface area contributed by atoms with Crippen LogP contribution < -0.4 is 5.56 Å². The summed E-state index contributed by atoms with van der Waals surface area (Å²) in [6.45, 7) is 3.28. The van der Waals surface area contributed by atoms with E-state index in [0.717, 1.165) is 37.2 Å². The maximum atomic E-state index is 12.2. The monoisotopic (exact) mass is 316 g/mol. The molecule has 1 aliphatic heterocycles. The summed E-state index contributed by atoms with van der Waals surface area (Å²) >= 11 is 0. The molecule has 0 bridgehead atoms. The molecule has 0 amide bonds. The van der Waals surface area contributed by atoms with Gasteiger partial charge in [0.15, 0.2) is 0 Å². The minimum absolute atomic E-state index is 0.0850. The highest BCUT2D eigenvalue weighted by atomic mass is 16.3. The fourth-order valence-electron chi connectivity index (χ4n) is 3.28. The van der Waals surface area contributed by atoms with Crippen LogP contribution in [0.3, 0.4) is 0 Å². The summed E-state index contributed by atoms with van der Waals surface area (Å²) in [5, 5.41) is 13.6. The summed E-state index contributed by atoms with van der Waals surface area (Å²) in [6, 6.07) is 5.89. The molecule has 0 aromatic carbocycles. The van der Waals surface area contributed by atoms with Crippen LogP contribution in [-0.2, 0) is 20.1 Å². The van der Waals surface area contributed by atoms with Crippen LogP contribution in [0.1, 0.15) is 30.0 Å². The summed E-state index contributed by atoms with van der Waals surface area (Å²) in [6.07, 6.45) is 5.96. The fraction of sp³-hybridized carbons (Fsp3) is 0.529. The van der Waals surface area contributed by atoms with E-state index in [1.165, 1.54) is 0 Å². The second-order valence-electron chi connectivity index (χ2n) is 6.25. The molecule has 0 aliphatic carbocycles. The van der Waals surface area contributed by atoms with Gasteiger partial charge in [0.1, 0.15) is 0 Å². The van der Waals surface area contributed by atoms with E-state index in [0.29, 0.717) is 19.0 Å². The Kier molecular flexibility index (Phi) is 4.93. The predicted molar refractivity (Wildman–Crippen MR) is 88.2 cm³/mol. The van der Waals surface area contributed by atoms with Crippen LogP contribution in [-0.4, -0.2) is 44.1 Å². The zero-order valence-corrected chi connectivity index (χ0v) is 13.6. The number of nitrogens with zero attached hydrogens (tertiary/aromatic N) is 4. The van der Waals surface area contributed by atoms with Crippen LogP contribution in [0.4, 0.5) is 0 Å². The lowest BCUT2D eigenvalue weighted by molar-refractivity contribution is 0.196. The molecule has 124 valence electrons. The summed E-state index contributed by atoms with van der Waals surface area (Å²) in [5.41, 5.74) is 2.02. The summed E-state index contributed by atoms with van der Waals surface area (Å²) in [7, 11) is 1.79. The van der Waals surface area contributed by atoms with Crippen molar-refractivity contribution in [2.24, 2.45) is 7.05 Å². The van der Waals surface area contributed by atoms with E-state index >= 15 is 0 Å². The van der Waals surface area contributed by atoms with Crippen molar-refractivity contribution in [3.05, 3.63) is 52.2 Å². The maximum Gasteiger partial charge on any atom is 0.254 e. The average molecular weight is 316 g/mol. The zero-order valence-electron chi connectivity index (χ0n) is 13.6. The molecule has 0 radical (unpaired) electrons. The molecule has 1 aliphatic rings. The van der Waals surface area contributed by atoms with E-state index in [1.54, 1.807) is 22.5 Å². The third-order valence-electron chi connectivity index (χ3n) is 4.51. The summed E-state index contributed by atoms with van der Waals surface area (Å²) in [4.78, 5) is 14.5. The topological polar surface area (TPSA) is 63.3 Å². The van der Waals surface area contributed by atoms with E-state index in [2.05, 4.69) is 10.00 Å². The molecule has 1 atom stereocenters. The molecule has 1 saturated heterocycles. The van der Waals surface area contributed by atoms with Crippen LogP contribution >= 0.6 is 0 Å². The number of aromatic nitrogens is 3.